The molecule has 2 fully saturated rings. The van der Waals surface area contributed by atoms with Crippen LogP contribution < -0.4 is 0 Å². The molecule has 1 aromatic rings. The van der Waals surface area contributed by atoms with Crippen LogP contribution >= 0.6 is 0 Å². The second-order valence-electron chi connectivity index (χ2n) is 5.52. The second kappa shape index (κ2) is 3.98. The van der Waals surface area contributed by atoms with E-state index in [-0.39, 0.29) is 11.5 Å². The van der Waals surface area contributed by atoms with Crippen LogP contribution in [0.5, 0.6) is 0 Å². The van der Waals surface area contributed by atoms with Crippen molar-refractivity contribution in [1.82, 2.24) is 0 Å². The average molecular weight is 256 g/mol. The molecule has 0 heterocycles. The van der Waals surface area contributed by atoms with E-state index in [1.807, 2.05) is 0 Å². The van der Waals surface area contributed by atoms with Gasteiger partial charge in [0.15, 0.2) is 0 Å². The van der Waals surface area contributed by atoms with Crippen LogP contribution in [0.25, 0.3) is 0 Å². The number of aliphatic hydroxyl groups is 1. The van der Waals surface area contributed by atoms with Gasteiger partial charge in [-0.2, -0.15) is 13.2 Å². The number of rotatable bonds is 2. The molecule has 3 rings (SSSR count). The zero-order valence-electron chi connectivity index (χ0n) is 9.82. The van der Waals surface area contributed by atoms with Crippen LogP contribution in [-0.4, -0.2) is 5.11 Å². The molecule has 98 valence electrons. The standard InChI is InChI=1S/C14H15F3O/c15-14(16,17)12-4-2-1-3-11(12)13(18)10-6-8-5-9(8)7-10/h1-4,8-10,13,18H,5-7H2. The highest BCUT2D eigenvalue weighted by Crippen LogP contribution is 2.57. The van der Waals surface area contributed by atoms with E-state index in [2.05, 4.69) is 0 Å². The summed E-state index contributed by atoms with van der Waals surface area (Å²) in [6.07, 6.45) is -2.42. The third-order valence-corrected chi connectivity index (χ3v) is 4.31. The van der Waals surface area contributed by atoms with E-state index in [1.165, 1.54) is 18.6 Å². The molecule has 18 heavy (non-hydrogen) atoms. The van der Waals surface area contributed by atoms with Crippen LogP contribution in [0.1, 0.15) is 36.5 Å². The summed E-state index contributed by atoms with van der Waals surface area (Å²) in [6.45, 7) is 0. The SMILES string of the molecule is OC(c1ccccc1C(F)(F)F)C1CC2CC2C1. The second-order valence-corrected chi connectivity index (χ2v) is 5.52. The number of hydrogen-bond acceptors (Lipinski definition) is 1. The first-order valence-electron chi connectivity index (χ1n) is 6.31. The van der Waals surface area contributed by atoms with Crippen LogP contribution in [0.15, 0.2) is 24.3 Å². The summed E-state index contributed by atoms with van der Waals surface area (Å²) in [7, 11) is 0. The van der Waals surface area contributed by atoms with Crippen molar-refractivity contribution < 1.29 is 18.3 Å². The molecule has 0 saturated heterocycles. The highest BCUT2D eigenvalue weighted by atomic mass is 19.4. The third kappa shape index (κ3) is 2.03. The first kappa shape index (κ1) is 12.0. The Hall–Kier alpha value is -1.03. The highest BCUT2D eigenvalue weighted by Gasteiger charge is 2.48. The molecule has 0 aromatic heterocycles. The molecular weight excluding hydrogens is 241 g/mol. The van der Waals surface area contributed by atoms with Gasteiger partial charge in [0.05, 0.1) is 11.7 Å². The predicted molar refractivity (Wildman–Crippen MR) is 60.7 cm³/mol. The molecule has 2 aliphatic rings. The Bertz CT molecular complexity index is 445. The van der Waals surface area contributed by atoms with Gasteiger partial charge in [-0.25, -0.2) is 0 Å². The lowest BCUT2D eigenvalue weighted by Crippen LogP contribution is -2.17. The minimum absolute atomic E-state index is 0.00255. The van der Waals surface area contributed by atoms with Gasteiger partial charge in [0.25, 0.3) is 0 Å². The van der Waals surface area contributed by atoms with Gasteiger partial charge in [0, 0.05) is 0 Å². The van der Waals surface area contributed by atoms with Gasteiger partial charge in [-0.3, -0.25) is 0 Å². The molecule has 2 saturated carbocycles. The Morgan fingerprint density at radius 2 is 1.67 bits per heavy atom. The van der Waals surface area contributed by atoms with Crippen LogP contribution in [0.4, 0.5) is 13.2 Å². The number of halogens is 3. The summed E-state index contributed by atoms with van der Waals surface area (Å²) >= 11 is 0. The minimum atomic E-state index is -4.39. The molecule has 0 spiro atoms. The number of benzene rings is 1. The lowest BCUT2D eigenvalue weighted by atomic mass is 9.89. The summed E-state index contributed by atoms with van der Waals surface area (Å²) in [6, 6.07) is 5.38. The van der Waals surface area contributed by atoms with Gasteiger partial charge in [0.2, 0.25) is 0 Å². The fourth-order valence-corrected chi connectivity index (χ4v) is 3.29. The van der Waals surface area contributed by atoms with Crippen molar-refractivity contribution in [2.45, 2.75) is 31.5 Å². The molecule has 0 radical (unpaired) electrons. The van der Waals surface area contributed by atoms with Gasteiger partial charge >= 0.3 is 6.18 Å². The van der Waals surface area contributed by atoms with Crippen LogP contribution in [0.3, 0.4) is 0 Å². The quantitative estimate of drug-likeness (QED) is 0.853. The Balaban J connectivity index is 1.86. The highest BCUT2D eigenvalue weighted by molar-refractivity contribution is 5.32. The van der Waals surface area contributed by atoms with E-state index in [0.717, 1.165) is 18.9 Å². The van der Waals surface area contributed by atoms with E-state index >= 15 is 0 Å². The largest absolute Gasteiger partial charge is 0.416 e. The Labute approximate surface area is 104 Å². The normalized spacial score (nSPS) is 32.1. The summed E-state index contributed by atoms with van der Waals surface area (Å²) < 4.78 is 38.6. The Kier molecular flexibility index (Phi) is 2.66. The molecule has 1 aromatic carbocycles. The van der Waals surface area contributed by atoms with E-state index in [4.69, 9.17) is 0 Å². The van der Waals surface area contributed by atoms with Gasteiger partial charge < -0.3 is 5.11 Å². The molecule has 0 aliphatic heterocycles. The molecule has 4 heteroatoms. The summed E-state index contributed by atoms with van der Waals surface area (Å²) in [5.41, 5.74) is -0.658. The van der Waals surface area contributed by atoms with Crippen molar-refractivity contribution in [3.63, 3.8) is 0 Å². The monoisotopic (exact) mass is 256 g/mol. The smallest absolute Gasteiger partial charge is 0.388 e. The van der Waals surface area contributed by atoms with Crippen molar-refractivity contribution in [3.05, 3.63) is 35.4 Å². The summed E-state index contributed by atoms with van der Waals surface area (Å²) in [5, 5.41) is 10.2. The zero-order valence-corrected chi connectivity index (χ0v) is 9.82. The van der Waals surface area contributed by atoms with E-state index in [9.17, 15) is 18.3 Å². The average Bonchev–Trinajstić information content (AvgIpc) is 2.94. The zero-order chi connectivity index (χ0) is 12.9. The lowest BCUT2D eigenvalue weighted by Gasteiger charge is -2.23. The number of aliphatic hydroxyl groups excluding tert-OH is 1. The molecule has 0 amide bonds. The molecule has 3 unspecified atom stereocenters. The molecule has 2 aliphatic carbocycles. The lowest BCUT2D eigenvalue weighted by molar-refractivity contribution is -0.139. The number of fused-ring (bicyclic) bond motifs is 1. The van der Waals surface area contributed by atoms with E-state index < -0.39 is 17.8 Å². The number of hydrogen-bond donors (Lipinski definition) is 1. The molecule has 1 N–H and O–H groups in total. The van der Waals surface area contributed by atoms with Crippen molar-refractivity contribution in [3.8, 4) is 0 Å². The molecular formula is C14H15F3O. The molecule has 1 nitrogen and oxygen atoms in total. The Morgan fingerprint density at radius 3 is 2.28 bits per heavy atom. The summed E-state index contributed by atoms with van der Waals surface area (Å²) in [4.78, 5) is 0. The molecule has 3 atom stereocenters. The predicted octanol–water partition coefficient (Wildman–Crippen LogP) is 3.78. The third-order valence-electron chi connectivity index (χ3n) is 4.31. The van der Waals surface area contributed by atoms with Crippen molar-refractivity contribution in [2.24, 2.45) is 17.8 Å². The van der Waals surface area contributed by atoms with Crippen LogP contribution in [-0.2, 0) is 6.18 Å². The molecule has 0 bridgehead atoms. The Morgan fingerprint density at radius 1 is 1.06 bits per heavy atom. The van der Waals surface area contributed by atoms with Gasteiger partial charge in [0.1, 0.15) is 0 Å². The first-order valence-corrected chi connectivity index (χ1v) is 6.31. The fraction of sp³-hybridized carbons (Fsp3) is 0.571. The van der Waals surface area contributed by atoms with E-state index in [1.54, 1.807) is 6.07 Å². The maximum absolute atomic E-state index is 12.9. The van der Waals surface area contributed by atoms with Crippen molar-refractivity contribution >= 4 is 0 Å². The van der Waals surface area contributed by atoms with Crippen molar-refractivity contribution in [2.75, 3.05) is 0 Å². The fourth-order valence-electron chi connectivity index (χ4n) is 3.29. The topological polar surface area (TPSA) is 20.2 Å². The van der Waals surface area contributed by atoms with Crippen LogP contribution in [0, 0.1) is 17.8 Å². The van der Waals surface area contributed by atoms with Gasteiger partial charge in [-0.15, -0.1) is 0 Å². The first-order chi connectivity index (χ1) is 8.47. The van der Waals surface area contributed by atoms with E-state index in [0.29, 0.717) is 11.8 Å². The minimum Gasteiger partial charge on any atom is -0.388 e. The van der Waals surface area contributed by atoms with Gasteiger partial charge in [-0.05, 0) is 48.6 Å². The van der Waals surface area contributed by atoms with Crippen molar-refractivity contribution in [1.29, 1.82) is 0 Å². The van der Waals surface area contributed by atoms with Crippen LogP contribution in [0.2, 0.25) is 0 Å². The maximum atomic E-state index is 12.9. The summed E-state index contributed by atoms with van der Waals surface area (Å²) in [5.74, 6) is 1.31. The maximum Gasteiger partial charge on any atom is 0.416 e. The van der Waals surface area contributed by atoms with Gasteiger partial charge in [-0.1, -0.05) is 18.2 Å². The number of alkyl halides is 3.